The lowest BCUT2D eigenvalue weighted by molar-refractivity contribution is 0.0696. The number of benzene rings is 3. The summed E-state index contributed by atoms with van der Waals surface area (Å²) in [5.74, 6) is -0.310. The maximum absolute atomic E-state index is 12.4. The molecule has 0 amide bonds. The molecule has 0 aliphatic rings. The highest BCUT2D eigenvalue weighted by Gasteiger charge is 2.05. The van der Waals surface area contributed by atoms with E-state index in [1.807, 2.05) is 30.3 Å². The van der Waals surface area contributed by atoms with E-state index < -0.39 is 5.97 Å². The average Bonchev–Trinajstić information content (AvgIpc) is 2.65. The van der Waals surface area contributed by atoms with Gasteiger partial charge in [0.15, 0.2) is 5.78 Å². The van der Waals surface area contributed by atoms with Crippen molar-refractivity contribution in [2.24, 2.45) is 0 Å². The largest absolute Gasteiger partial charge is 0.497 e. The molecule has 4 nitrogen and oxygen atoms in total. The normalized spacial score (nSPS) is 10.9. The van der Waals surface area contributed by atoms with Gasteiger partial charge >= 0.3 is 5.97 Å². The van der Waals surface area contributed by atoms with Gasteiger partial charge in [-0.05, 0) is 52.7 Å². The van der Waals surface area contributed by atoms with E-state index in [1.165, 1.54) is 18.2 Å². The summed E-state index contributed by atoms with van der Waals surface area (Å²) in [5.41, 5.74) is 1.58. The molecule has 0 radical (unpaired) electrons. The minimum atomic E-state index is -0.973. The quantitative estimate of drug-likeness (QED) is 0.554. The summed E-state index contributed by atoms with van der Waals surface area (Å²) in [6.45, 7) is 0. The Hall–Kier alpha value is -3.40. The van der Waals surface area contributed by atoms with E-state index in [1.54, 1.807) is 31.4 Å². The van der Waals surface area contributed by atoms with Gasteiger partial charge in [0, 0.05) is 5.56 Å². The number of carboxylic acids is 1. The summed E-state index contributed by atoms with van der Waals surface area (Å²) in [7, 11) is 1.62. The number of carbonyl (C=O) groups is 2. The molecule has 3 rings (SSSR count). The number of ketones is 1. The van der Waals surface area contributed by atoms with Gasteiger partial charge < -0.3 is 9.84 Å². The summed E-state index contributed by atoms with van der Waals surface area (Å²) in [5, 5.41) is 10.8. The van der Waals surface area contributed by atoms with Crippen LogP contribution in [-0.2, 0) is 0 Å². The van der Waals surface area contributed by atoms with Gasteiger partial charge in [-0.25, -0.2) is 4.79 Å². The number of hydrogen-bond donors (Lipinski definition) is 1. The van der Waals surface area contributed by atoms with Crippen molar-refractivity contribution in [3.05, 3.63) is 83.4 Å². The highest BCUT2D eigenvalue weighted by Crippen LogP contribution is 2.22. The molecule has 0 aliphatic heterocycles. The Morgan fingerprint density at radius 3 is 2.20 bits per heavy atom. The molecule has 4 heteroatoms. The van der Waals surface area contributed by atoms with E-state index >= 15 is 0 Å². The molecule has 0 aromatic heterocycles. The molecule has 25 heavy (non-hydrogen) atoms. The first-order chi connectivity index (χ1) is 12.1. The van der Waals surface area contributed by atoms with Gasteiger partial charge in [0.05, 0.1) is 12.7 Å². The van der Waals surface area contributed by atoms with Crippen molar-refractivity contribution in [1.82, 2.24) is 0 Å². The Morgan fingerprint density at radius 1 is 0.880 bits per heavy atom. The van der Waals surface area contributed by atoms with Crippen LogP contribution in [0.15, 0.2) is 66.7 Å². The van der Waals surface area contributed by atoms with Crippen LogP contribution in [0.2, 0.25) is 0 Å². The van der Waals surface area contributed by atoms with Crippen LogP contribution < -0.4 is 4.74 Å². The van der Waals surface area contributed by atoms with Gasteiger partial charge in [-0.3, -0.25) is 4.79 Å². The molecular formula is C21H16O4. The number of methoxy groups -OCH3 is 1. The monoisotopic (exact) mass is 332 g/mol. The van der Waals surface area contributed by atoms with E-state index in [0.717, 1.165) is 22.1 Å². The van der Waals surface area contributed by atoms with E-state index in [9.17, 15) is 9.59 Å². The summed E-state index contributed by atoms with van der Waals surface area (Å²) in [6.07, 6.45) is 3.16. The molecule has 3 aromatic rings. The zero-order valence-electron chi connectivity index (χ0n) is 13.6. The van der Waals surface area contributed by atoms with Gasteiger partial charge in [0.1, 0.15) is 5.75 Å². The molecule has 0 aliphatic carbocycles. The predicted octanol–water partition coefficient (Wildman–Crippen LogP) is 4.44. The van der Waals surface area contributed by atoms with E-state index in [0.29, 0.717) is 5.56 Å². The number of allylic oxidation sites excluding steroid dienone is 1. The van der Waals surface area contributed by atoms with Crippen LogP contribution in [-0.4, -0.2) is 24.0 Å². The Balaban J connectivity index is 1.80. The molecule has 0 unspecified atom stereocenters. The molecule has 0 fully saturated rings. The number of carboxylic acid groups (broad SMARTS) is 1. The third-order valence-electron chi connectivity index (χ3n) is 3.92. The van der Waals surface area contributed by atoms with Crippen molar-refractivity contribution in [3.63, 3.8) is 0 Å². The number of aromatic carboxylic acids is 1. The highest BCUT2D eigenvalue weighted by atomic mass is 16.5. The zero-order valence-corrected chi connectivity index (χ0v) is 13.6. The molecule has 0 spiro atoms. The van der Waals surface area contributed by atoms with Gasteiger partial charge in [-0.2, -0.15) is 0 Å². The fourth-order valence-corrected chi connectivity index (χ4v) is 2.51. The van der Waals surface area contributed by atoms with Crippen LogP contribution in [0.4, 0.5) is 0 Å². The minimum Gasteiger partial charge on any atom is -0.497 e. The fraction of sp³-hybridized carbons (Fsp3) is 0.0476. The van der Waals surface area contributed by atoms with Crippen molar-refractivity contribution in [2.45, 2.75) is 0 Å². The van der Waals surface area contributed by atoms with E-state index in [-0.39, 0.29) is 11.3 Å². The van der Waals surface area contributed by atoms with Crippen molar-refractivity contribution in [1.29, 1.82) is 0 Å². The topological polar surface area (TPSA) is 63.6 Å². The van der Waals surface area contributed by atoms with Gasteiger partial charge in [-0.1, -0.05) is 36.4 Å². The SMILES string of the molecule is COc1ccc2cc(C(=O)/C=C\c3ccc(C(=O)O)cc3)ccc2c1. The van der Waals surface area contributed by atoms with Crippen LogP contribution in [0.25, 0.3) is 16.8 Å². The lowest BCUT2D eigenvalue weighted by Gasteiger charge is -2.04. The second-order valence-corrected chi connectivity index (χ2v) is 5.55. The Labute approximate surface area is 145 Å². The highest BCUT2D eigenvalue weighted by molar-refractivity contribution is 6.08. The summed E-state index contributed by atoms with van der Waals surface area (Å²) >= 11 is 0. The summed E-state index contributed by atoms with van der Waals surface area (Å²) < 4.78 is 5.20. The fourth-order valence-electron chi connectivity index (χ4n) is 2.51. The maximum Gasteiger partial charge on any atom is 0.335 e. The van der Waals surface area contributed by atoms with Crippen LogP contribution in [0, 0.1) is 0 Å². The molecule has 0 heterocycles. The third kappa shape index (κ3) is 3.75. The second kappa shape index (κ2) is 7.01. The van der Waals surface area contributed by atoms with Crippen LogP contribution in [0.5, 0.6) is 5.75 Å². The Bertz CT molecular complexity index is 969. The number of hydrogen-bond acceptors (Lipinski definition) is 3. The maximum atomic E-state index is 12.4. The van der Waals surface area contributed by atoms with Gasteiger partial charge in [0.25, 0.3) is 0 Å². The first kappa shape index (κ1) is 16.5. The first-order valence-corrected chi connectivity index (χ1v) is 7.70. The van der Waals surface area contributed by atoms with Crippen LogP contribution in [0.3, 0.4) is 0 Å². The summed E-state index contributed by atoms with van der Waals surface area (Å²) in [6, 6.07) is 17.6. The molecule has 0 bridgehead atoms. The average molecular weight is 332 g/mol. The molecule has 3 aromatic carbocycles. The third-order valence-corrected chi connectivity index (χ3v) is 3.92. The molecule has 1 N–H and O–H groups in total. The molecule has 0 saturated carbocycles. The predicted molar refractivity (Wildman–Crippen MR) is 97.3 cm³/mol. The molecule has 0 saturated heterocycles. The number of rotatable bonds is 5. The Kier molecular flexibility index (Phi) is 4.61. The number of ether oxygens (including phenoxy) is 1. The lowest BCUT2D eigenvalue weighted by atomic mass is 10.0. The minimum absolute atomic E-state index is 0.111. The first-order valence-electron chi connectivity index (χ1n) is 7.70. The van der Waals surface area contributed by atoms with Crippen LogP contribution >= 0.6 is 0 Å². The summed E-state index contributed by atoms with van der Waals surface area (Å²) in [4.78, 5) is 23.2. The standard InChI is InChI=1S/C21H16O4/c1-25-19-10-9-16-12-18(8-7-17(16)13-19)20(22)11-4-14-2-5-15(6-3-14)21(23)24/h2-13H,1H3,(H,23,24)/b11-4-. The van der Waals surface area contributed by atoms with Crippen molar-refractivity contribution < 1.29 is 19.4 Å². The van der Waals surface area contributed by atoms with Gasteiger partial charge in [-0.15, -0.1) is 0 Å². The zero-order chi connectivity index (χ0) is 17.8. The van der Waals surface area contributed by atoms with Crippen molar-refractivity contribution >= 4 is 28.6 Å². The number of carbonyl (C=O) groups excluding carboxylic acids is 1. The molecule has 124 valence electrons. The number of fused-ring (bicyclic) bond motifs is 1. The van der Waals surface area contributed by atoms with Crippen molar-refractivity contribution in [2.75, 3.05) is 7.11 Å². The van der Waals surface area contributed by atoms with Gasteiger partial charge in [0.2, 0.25) is 0 Å². The lowest BCUT2D eigenvalue weighted by Crippen LogP contribution is -1.95. The molecule has 0 atom stereocenters. The van der Waals surface area contributed by atoms with Crippen molar-refractivity contribution in [3.8, 4) is 5.75 Å². The Morgan fingerprint density at radius 2 is 1.52 bits per heavy atom. The smallest absolute Gasteiger partial charge is 0.335 e. The molecular weight excluding hydrogens is 316 g/mol. The second-order valence-electron chi connectivity index (χ2n) is 5.55. The van der Waals surface area contributed by atoms with E-state index in [4.69, 9.17) is 9.84 Å². The van der Waals surface area contributed by atoms with Crippen LogP contribution in [0.1, 0.15) is 26.3 Å². The van der Waals surface area contributed by atoms with E-state index in [2.05, 4.69) is 0 Å².